The Balaban J connectivity index is 2.43. The molecule has 2 aromatic carbocycles. The monoisotopic (exact) mass is 293 g/mol. The van der Waals surface area contributed by atoms with E-state index < -0.39 is 0 Å². The Kier molecular flexibility index (Phi) is 4.60. The van der Waals surface area contributed by atoms with Crippen LogP contribution in [0.25, 0.3) is 0 Å². The van der Waals surface area contributed by atoms with Crippen molar-refractivity contribution >= 4 is 12.1 Å². The van der Waals surface area contributed by atoms with Crippen molar-refractivity contribution in [1.29, 1.82) is 0 Å². The van der Waals surface area contributed by atoms with Crippen LogP contribution in [0, 0.1) is 0 Å². The van der Waals surface area contributed by atoms with Gasteiger partial charge in [0.2, 0.25) is 6.29 Å². The fourth-order valence-corrected chi connectivity index (χ4v) is 2.55. The van der Waals surface area contributed by atoms with E-state index in [0.717, 1.165) is 5.56 Å². The van der Waals surface area contributed by atoms with E-state index in [1.54, 1.807) is 18.2 Å². The maximum atomic E-state index is 12.7. The molecule has 0 aliphatic rings. The molecular weight excluding hydrogens is 272 g/mol. The summed E-state index contributed by atoms with van der Waals surface area (Å²) in [4.78, 5) is 23.7. The van der Waals surface area contributed by atoms with Crippen LogP contribution in [0.3, 0.4) is 0 Å². The Bertz CT molecular complexity index is 689. The molecule has 0 aromatic heterocycles. The highest BCUT2D eigenvalue weighted by molar-refractivity contribution is 6.10. The van der Waals surface area contributed by atoms with E-state index >= 15 is 0 Å². The normalized spacial score (nSPS) is 11.3. The van der Waals surface area contributed by atoms with E-state index in [1.165, 1.54) is 5.56 Å². The maximum Gasteiger partial charge on any atom is 0.233 e. The second-order valence-corrected chi connectivity index (χ2v) is 6.44. The fourth-order valence-electron chi connectivity index (χ4n) is 2.55. The van der Waals surface area contributed by atoms with Gasteiger partial charge in [-0.05, 0) is 23.0 Å². The van der Waals surface area contributed by atoms with Gasteiger partial charge in [0.1, 0.15) is 0 Å². The van der Waals surface area contributed by atoms with Gasteiger partial charge in [-0.15, -0.1) is 0 Å². The van der Waals surface area contributed by atoms with Gasteiger partial charge >= 0.3 is 0 Å². The Labute approximate surface area is 132 Å². The molecule has 2 heteroatoms. The van der Waals surface area contributed by atoms with Gasteiger partial charge in [-0.25, -0.2) is 0 Å². The molecule has 0 fully saturated rings. The van der Waals surface area contributed by atoms with Gasteiger partial charge in [0.25, 0.3) is 0 Å². The van der Waals surface area contributed by atoms with Crippen molar-refractivity contribution in [3.05, 3.63) is 70.3 Å². The molecule has 0 aliphatic carbocycles. The molecule has 0 amide bonds. The molecule has 0 saturated heterocycles. The first kappa shape index (κ1) is 16.2. The summed E-state index contributed by atoms with van der Waals surface area (Å²) in [6.45, 7) is 8.36. The lowest BCUT2D eigenvalue weighted by molar-refractivity contribution is 0.103. The average molecular weight is 293 g/mol. The van der Waals surface area contributed by atoms with Crippen molar-refractivity contribution in [3.63, 3.8) is 0 Å². The van der Waals surface area contributed by atoms with Crippen LogP contribution in [-0.2, 0) is 16.6 Å². The largest absolute Gasteiger partial charge is 0.289 e. The smallest absolute Gasteiger partial charge is 0.233 e. The van der Waals surface area contributed by atoms with Crippen LogP contribution in [0.2, 0.25) is 0 Å². The van der Waals surface area contributed by atoms with Gasteiger partial charge in [0.05, 0.1) is 0 Å². The number of rotatable bonds is 4. The van der Waals surface area contributed by atoms with Gasteiger partial charge in [-0.3, -0.25) is 9.59 Å². The Morgan fingerprint density at radius 2 is 1.68 bits per heavy atom. The summed E-state index contributed by atoms with van der Waals surface area (Å²) >= 11 is 0. The Hall–Kier alpha value is -2.22. The number of carbonyl (C=O) groups is 1. The summed E-state index contributed by atoms with van der Waals surface area (Å²) in [5.41, 5.74) is 3.72. The minimum atomic E-state index is -0.0468. The highest BCUT2D eigenvalue weighted by Gasteiger charge is 2.17. The van der Waals surface area contributed by atoms with E-state index in [-0.39, 0.29) is 11.2 Å². The molecule has 2 nitrogen and oxygen atoms in total. The lowest BCUT2D eigenvalue weighted by Crippen LogP contribution is -2.12. The zero-order chi connectivity index (χ0) is 16.3. The van der Waals surface area contributed by atoms with Gasteiger partial charge in [-0.1, -0.05) is 70.2 Å². The van der Waals surface area contributed by atoms with Crippen molar-refractivity contribution in [2.45, 2.75) is 39.5 Å². The third-order valence-electron chi connectivity index (χ3n) is 3.90. The molecule has 113 valence electrons. The van der Waals surface area contributed by atoms with E-state index in [4.69, 9.17) is 0 Å². The topological polar surface area (TPSA) is 34.1 Å². The summed E-state index contributed by atoms with van der Waals surface area (Å²) < 4.78 is 0. The Morgan fingerprint density at radius 1 is 1.05 bits per heavy atom. The van der Waals surface area contributed by atoms with Gasteiger partial charge in [0.15, 0.2) is 5.78 Å². The highest BCUT2D eigenvalue weighted by Crippen LogP contribution is 2.24. The van der Waals surface area contributed by atoms with Crippen molar-refractivity contribution in [2.75, 3.05) is 0 Å². The quantitative estimate of drug-likeness (QED) is 0.790. The molecule has 2 rings (SSSR count). The van der Waals surface area contributed by atoms with Crippen molar-refractivity contribution in [3.8, 4) is 0 Å². The third-order valence-corrected chi connectivity index (χ3v) is 3.90. The standard InChI is InChI=1S/C20H21O2/c1-5-17-15(13-21)7-6-8-18(17)19(22)14-9-11-16(12-10-14)20(2,3)4/h6-12H,5H2,1-4H3. The van der Waals surface area contributed by atoms with Crippen LogP contribution >= 0.6 is 0 Å². The predicted octanol–water partition coefficient (Wildman–Crippen LogP) is 4.24. The molecule has 0 aliphatic heterocycles. The van der Waals surface area contributed by atoms with Crippen LogP contribution in [0.1, 0.15) is 60.3 Å². The molecule has 0 bridgehead atoms. The van der Waals surface area contributed by atoms with Crippen molar-refractivity contribution in [1.82, 2.24) is 0 Å². The molecule has 0 spiro atoms. The van der Waals surface area contributed by atoms with E-state index in [2.05, 4.69) is 20.8 Å². The molecule has 0 atom stereocenters. The zero-order valence-electron chi connectivity index (χ0n) is 13.6. The SMILES string of the molecule is CCc1c([C]=O)cccc1C(=O)c1ccc(C(C)(C)C)cc1. The first-order chi connectivity index (χ1) is 10.4. The summed E-state index contributed by atoms with van der Waals surface area (Å²) in [7, 11) is 0. The van der Waals surface area contributed by atoms with E-state index in [1.807, 2.05) is 37.5 Å². The highest BCUT2D eigenvalue weighted by atomic mass is 16.1. The lowest BCUT2D eigenvalue weighted by Gasteiger charge is -2.19. The minimum absolute atomic E-state index is 0.0468. The summed E-state index contributed by atoms with van der Waals surface area (Å²) in [5, 5.41) is 0. The lowest BCUT2D eigenvalue weighted by atomic mass is 9.86. The second kappa shape index (κ2) is 6.27. The molecule has 0 saturated carbocycles. The third kappa shape index (κ3) is 3.16. The second-order valence-electron chi connectivity index (χ2n) is 6.44. The molecule has 0 heterocycles. The number of hydrogen-bond acceptors (Lipinski definition) is 2. The maximum absolute atomic E-state index is 12.7. The first-order valence-electron chi connectivity index (χ1n) is 7.53. The van der Waals surface area contributed by atoms with Gasteiger partial charge in [0, 0.05) is 16.7 Å². The number of carbonyl (C=O) groups excluding carboxylic acids is 2. The van der Waals surface area contributed by atoms with E-state index in [0.29, 0.717) is 23.1 Å². The van der Waals surface area contributed by atoms with Crippen LogP contribution in [0.15, 0.2) is 42.5 Å². The molecule has 0 N–H and O–H groups in total. The molecule has 0 unspecified atom stereocenters. The average Bonchev–Trinajstić information content (AvgIpc) is 2.52. The van der Waals surface area contributed by atoms with Crippen molar-refractivity contribution < 1.29 is 9.59 Å². The molecule has 2 aromatic rings. The molecular formula is C20H21O2. The first-order valence-corrected chi connectivity index (χ1v) is 7.53. The summed E-state index contributed by atoms with van der Waals surface area (Å²) in [5.74, 6) is -0.0468. The fraction of sp³-hybridized carbons (Fsp3) is 0.300. The number of benzene rings is 2. The molecule has 1 radical (unpaired) electrons. The number of ketones is 1. The predicted molar refractivity (Wildman–Crippen MR) is 89.2 cm³/mol. The Morgan fingerprint density at radius 3 is 2.18 bits per heavy atom. The van der Waals surface area contributed by atoms with Crippen LogP contribution in [0.4, 0.5) is 0 Å². The van der Waals surface area contributed by atoms with Gasteiger partial charge in [-0.2, -0.15) is 0 Å². The van der Waals surface area contributed by atoms with Crippen LogP contribution in [-0.4, -0.2) is 12.1 Å². The van der Waals surface area contributed by atoms with Gasteiger partial charge < -0.3 is 0 Å². The number of hydrogen-bond donors (Lipinski definition) is 0. The van der Waals surface area contributed by atoms with E-state index in [9.17, 15) is 9.59 Å². The van der Waals surface area contributed by atoms with Crippen LogP contribution < -0.4 is 0 Å². The minimum Gasteiger partial charge on any atom is -0.289 e. The zero-order valence-corrected chi connectivity index (χ0v) is 13.6. The molecule has 22 heavy (non-hydrogen) atoms. The summed E-state index contributed by atoms with van der Waals surface area (Å²) in [6.07, 6.45) is 2.55. The summed E-state index contributed by atoms with van der Waals surface area (Å²) in [6, 6.07) is 12.9. The van der Waals surface area contributed by atoms with Crippen molar-refractivity contribution in [2.24, 2.45) is 0 Å². The van der Waals surface area contributed by atoms with Crippen LogP contribution in [0.5, 0.6) is 0 Å².